The van der Waals surface area contributed by atoms with E-state index in [2.05, 4.69) is 103 Å². The van der Waals surface area contributed by atoms with Gasteiger partial charge in [0.2, 0.25) is 0 Å². The predicted molar refractivity (Wildman–Crippen MR) is 437 cm³/mol. The third-order valence-corrected chi connectivity index (χ3v) is 23.4. The second kappa shape index (κ2) is 36.9. The highest BCUT2D eigenvalue weighted by atomic mass is 19.1. The van der Waals surface area contributed by atoms with Crippen molar-refractivity contribution in [3.63, 3.8) is 0 Å². The van der Waals surface area contributed by atoms with Crippen molar-refractivity contribution in [2.45, 2.75) is 174 Å². The Morgan fingerprint density at radius 3 is 1.12 bits per heavy atom. The van der Waals surface area contributed by atoms with E-state index < -0.39 is 28.4 Å². The van der Waals surface area contributed by atoms with E-state index in [4.69, 9.17) is 30.5 Å². The number of rotatable bonds is 8. The molecule has 15 rings (SSSR count). The molecule has 27 heteroatoms. The summed E-state index contributed by atoms with van der Waals surface area (Å²) in [6.07, 6.45) is 11.5. The number of ether oxygens (including phenoxy) is 3. The van der Waals surface area contributed by atoms with Gasteiger partial charge in [0.1, 0.15) is 58.5 Å². The monoisotopic (exact) mass is 1560 g/mol. The summed E-state index contributed by atoms with van der Waals surface area (Å²) in [5.41, 5.74) is 11.9. The van der Waals surface area contributed by atoms with Crippen molar-refractivity contribution in [2.75, 3.05) is 184 Å². The molecule has 3 amide bonds. The zero-order chi connectivity index (χ0) is 81.7. The second-order valence-electron chi connectivity index (χ2n) is 36.5. The standard InChI is InChI=1S/C24H35N5O2.C19H24FN3O2.C19H27N5.C12H19NO3.C7H5FN2.C5H12N2/c1-23(2,3)31-22(30)29-8-7-24(17-29)14-20(15-24)26-19-6-5-18(16-25)21(13-19)28-11-9-27(4)10-12-28;1-18(2,3)25-17(24)23-7-6-19(12-23)9-15(10-19)22-14-5-4-13(11-21)16(20)8-14;1-23-6-8-24(9-7-23)18-10-16(3-2-15(18)13-20)22-17-11-19(12-17)4-5-21-14-19;1-11(2,3)16-10(15)13-5-4-12(8-13)6-9(14)7-12;8-7-3-6(10)2-1-5(7)4-9;1-7-4-2-6-3-5-7/h5-6,13,20,26H,7-12,14-15,17H2,1-4H3;4-5,8,15,22H,6-7,9-10,12H2,1-3H3;2-3,10,17,21-22H,4-9,11-12,14H2,1H3;4-8H2,1-3H3;1-3H,10H2;6H,2-5H2,1H3. The molecule has 0 radical (unpaired) electrons. The van der Waals surface area contributed by atoms with E-state index in [1.165, 1.54) is 69.7 Å². The number of hydrogen-bond donors (Lipinski definition) is 6. The molecular formula is C86H122F2N18O7. The molecule has 11 fully saturated rings. The van der Waals surface area contributed by atoms with Crippen LogP contribution in [0.25, 0.3) is 0 Å². The number of nitrogens with two attached hydrogens (primary N) is 1. The largest absolute Gasteiger partial charge is 0.444 e. The van der Waals surface area contributed by atoms with Crippen molar-refractivity contribution in [1.82, 2.24) is 40.0 Å². The van der Waals surface area contributed by atoms with Crippen molar-refractivity contribution < 1.29 is 42.2 Å². The summed E-state index contributed by atoms with van der Waals surface area (Å²) < 4.78 is 42.5. The number of hydrogen-bond acceptors (Lipinski definition) is 22. The van der Waals surface area contributed by atoms with E-state index in [1.807, 2.05) is 91.5 Å². The number of halogens is 2. The Kier molecular flexibility index (Phi) is 28.2. The number of ketones is 1. The van der Waals surface area contributed by atoms with Crippen LogP contribution in [-0.4, -0.2) is 240 Å². The molecule has 113 heavy (non-hydrogen) atoms. The number of piperazine rings is 3. The summed E-state index contributed by atoms with van der Waals surface area (Å²) >= 11 is 0. The van der Waals surface area contributed by atoms with Gasteiger partial charge >= 0.3 is 18.3 Å². The molecule has 4 aromatic rings. The average Bonchev–Trinajstić information content (AvgIpc) is 1.66. The molecule has 4 spiro atoms. The first-order valence-electron chi connectivity index (χ1n) is 40.4. The fraction of sp³-hybridized carbons (Fsp3) is 0.628. The smallest absolute Gasteiger partial charge is 0.410 e. The highest BCUT2D eigenvalue weighted by Crippen LogP contribution is 2.52. The number of nitrogens with zero attached hydrogens (tertiary/aromatic N) is 12. The third-order valence-electron chi connectivity index (χ3n) is 23.4. The number of carbonyl (C=O) groups excluding carboxylic acids is 4. The maximum atomic E-state index is 13.7. The summed E-state index contributed by atoms with van der Waals surface area (Å²) in [7, 11) is 6.45. The van der Waals surface area contributed by atoms with Crippen LogP contribution >= 0.6 is 0 Å². The molecular weight excluding hydrogens is 1440 g/mol. The van der Waals surface area contributed by atoms with Gasteiger partial charge in [0.05, 0.1) is 33.6 Å². The van der Waals surface area contributed by atoms with Crippen LogP contribution in [0.5, 0.6) is 0 Å². The molecule has 7 N–H and O–H groups in total. The average molecular weight is 1560 g/mol. The van der Waals surface area contributed by atoms with Gasteiger partial charge in [0.25, 0.3) is 0 Å². The van der Waals surface area contributed by atoms with E-state index >= 15 is 0 Å². The Bertz CT molecular complexity index is 4110. The van der Waals surface area contributed by atoms with Crippen molar-refractivity contribution in [1.29, 1.82) is 21.0 Å². The maximum Gasteiger partial charge on any atom is 0.410 e. The van der Waals surface area contributed by atoms with Crippen molar-refractivity contribution in [3.8, 4) is 24.3 Å². The minimum Gasteiger partial charge on any atom is -0.444 e. The molecule has 4 aromatic carbocycles. The minimum atomic E-state index is -0.567. The van der Waals surface area contributed by atoms with E-state index in [9.17, 15) is 38.5 Å². The quantitative estimate of drug-likeness (QED) is 0.0705. The molecule has 7 aliphatic heterocycles. The number of nitrogens with one attached hydrogen (secondary N) is 5. The number of carbonyl (C=O) groups is 4. The zero-order valence-corrected chi connectivity index (χ0v) is 68.8. The molecule has 0 unspecified atom stereocenters. The minimum absolute atomic E-state index is 0.0224. The summed E-state index contributed by atoms with van der Waals surface area (Å²) in [4.78, 5) is 64.4. The third kappa shape index (κ3) is 24.2. The number of nitrogen functional groups attached to an aromatic ring is 1. The Labute approximate surface area is 668 Å². The van der Waals surface area contributed by atoms with Gasteiger partial charge < -0.3 is 85.7 Å². The van der Waals surface area contributed by atoms with Crippen molar-refractivity contribution in [3.05, 3.63) is 107 Å². The second-order valence-corrected chi connectivity index (χ2v) is 36.5. The molecule has 4 saturated carbocycles. The van der Waals surface area contributed by atoms with Gasteiger partial charge in [-0.05, 0) is 243 Å². The highest BCUT2D eigenvalue weighted by molar-refractivity contribution is 5.87. The van der Waals surface area contributed by atoms with Crippen molar-refractivity contribution >= 4 is 58.2 Å². The van der Waals surface area contributed by atoms with Crippen LogP contribution in [0.4, 0.5) is 57.3 Å². The topological polar surface area (TPSA) is 303 Å². The van der Waals surface area contributed by atoms with E-state index in [-0.39, 0.29) is 51.7 Å². The van der Waals surface area contributed by atoms with Gasteiger partial charge in [0.15, 0.2) is 0 Å². The highest BCUT2D eigenvalue weighted by Gasteiger charge is 2.53. The first-order chi connectivity index (χ1) is 53.5. The Balaban J connectivity index is 0.000000151. The number of benzene rings is 4. The lowest BCUT2D eigenvalue weighted by molar-refractivity contribution is -0.132. The van der Waals surface area contributed by atoms with Crippen LogP contribution < -0.4 is 42.1 Å². The number of amides is 3. The van der Waals surface area contributed by atoms with Gasteiger partial charge in [-0.3, -0.25) is 4.79 Å². The molecule has 4 aliphatic carbocycles. The van der Waals surface area contributed by atoms with E-state index in [1.54, 1.807) is 21.9 Å². The van der Waals surface area contributed by atoms with Gasteiger partial charge in [-0.15, -0.1) is 0 Å². The molecule has 0 atom stereocenters. The maximum absolute atomic E-state index is 13.7. The summed E-state index contributed by atoms with van der Waals surface area (Å²) in [5, 5.41) is 53.5. The van der Waals surface area contributed by atoms with E-state index in [0.717, 1.165) is 183 Å². The summed E-state index contributed by atoms with van der Waals surface area (Å²) in [5.74, 6) is -0.743. The number of nitriles is 4. The van der Waals surface area contributed by atoms with Crippen LogP contribution in [0.3, 0.4) is 0 Å². The van der Waals surface area contributed by atoms with Gasteiger partial charge in [-0.25, -0.2) is 23.2 Å². The zero-order valence-electron chi connectivity index (χ0n) is 68.8. The molecule has 11 aliphatic rings. The number of likely N-dealkylation sites (N-methyl/N-ethyl adjacent to an activating group) is 3. The van der Waals surface area contributed by atoms with Crippen LogP contribution in [0, 0.1) is 78.6 Å². The lowest BCUT2D eigenvalue weighted by atomic mass is 9.65. The van der Waals surface area contributed by atoms with E-state index in [0.29, 0.717) is 54.0 Å². The number of likely N-dealkylation sites (tertiary alicyclic amines) is 3. The van der Waals surface area contributed by atoms with Crippen LogP contribution in [0.15, 0.2) is 72.8 Å². The fourth-order valence-corrected chi connectivity index (χ4v) is 17.3. The number of Topliss-reactive ketones (excluding diaryl/α,β-unsaturated/α-hetero) is 1. The van der Waals surface area contributed by atoms with Gasteiger partial charge in [0, 0.05) is 183 Å². The van der Waals surface area contributed by atoms with Crippen LogP contribution in [-0.2, 0) is 19.0 Å². The summed E-state index contributed by atoms with van der Waals surface area (Å²) in [6, 6.07) is 30.3. The van der Waals surface area contributed by atoms with Gasteiger partial charge in [-0.2, -0.15) is 21.0 Å². The molecule has 612 valence electrons. The molecule has 0 aromatic heterocycles. The Morgan fingerprint density at radius 2 is 0.788 bits per heavy atom. The van der Waals surface area contributed by atoms with Crippen molar-refractivity contribution in [2.24, 2.45) is 21.7 Å². The first-order valence-corrected chi connectivity index (χ1v) is 40.4. The fourth-order valence-electron chi connectivity index (χ4n) is 17.3. The Hall–Kier alpha value is -9.22. The first kappa shape index (κ1) is 86.2. The Morgan fingerprint density at radius 1 is 0.442 bits per heavy atom. The molecule has 25 nitrogen and oxygen atoms in total. The SMILES string of the molecule is CC(C)(C)OC(=O)N1CCC2(CC(=O)C2)C1.CC(C)(C)OC(=O)N1CCC2(CC(Nc3ccc(C#N)c(F)c3)C2)C1.CN1CCN(c2cc(NC3CC4(CCN(C(=O)OC(C)(C)C)C4)C3)ccc2C#N)CC1.CN1CCN(c2cc(NC3CC4(CCNC4)C3)ccc2C#N)CC1.CN1CCNCC1.N#Cc1ccc(N)cc1F. The molecule has 7 saturated heterocycles. The lowest BCUT2D eigenvalue weighted by Crippen LogP contribution is -2.47. The summed E-state index contributed by atoms with van der Waals surface area (Å²) in [6.45, 7) is 36.5. The molecule has 0 bridgehead atoms. The number of anilines is 6. The molecule has 7 heterocycles. The predicted octanol–water partition coefficient (Wildman–Crippen LogP) is 12.1. The van der Waals surface area contributed by atoms with Crippen LogP contribution in [0.1, 0.15) is 162 Å². The normalized spacial score (nSPS) is 25.0. The lowest BCUT2D eigenvalue weighted by Gasteiger charge is -2.46. The van der Waals surface area contributed by atoms with Crippen LogP contribution in [0.2, 0.25) is 0 Å². The van der Waals surface area contributed by atoms with Gasteiger partial charge in [-0.1, -0.05) is 0 Å².